The van der Waals surface area contributed by atoms with Crippen LogP contribution in [0.3, 0.4) is 0 Å². The fourth-order valence-electron chi connectivity index (χ4n) is 1.81. The first-order valence-electron chi connectivity index (χ1n) is 6.03. The van der Waals surface area contributed by atoms with Crippen molar-refractivity contribution in [2.24, 2.45) is 0 Å². The molecule has 0 aliphatic rings. The molecule has 2 N–H and O–H groups in total. The van der Waals surface area contributed by atoms with Crippen LogP contribution in [0, 0.1) is 0 Å². The molecule has 2 rings (SSSR count). The van der Waals surface area contributed by atoms with Crippen molar-refractivity contribution in [3.05, 3.63) is 57.5 Å². The zero-order valence-corrected chi connectivity index (χ0v) is 11.7. The third-order valence-electron chi connectivity index (χ3n) is 3.07. The zero-order chi connectivity index (χ0) is 13.9. The highest BCUT2D eigenvalue weighted by Gasteiger charge is 2.20. The summed E-state index contributed by atoms with van der Waals surface area (Å²) in [4.78, 5) is 11.3. The molecule has 0 unspecified atom stereocenters. The van der Waals surface area contributed by atoms with Gasteiger partial charge in [-0.2, -0.15) is 5.10 Å². The summed E-state index contributed by atoms with van der Waals surface area (Å²) >= 11 is 5.92. The van der Waals surface area contributed by atoms with Gasteiger partial charge in [0.15, 0.2) is 0 Å². The molecule has 0 radical (unpaired) electrons. The number of H-pyrrole nitrogens is 1. The molecule has 0 aliphatic heterocycles. The molecule has 0 amide bonds. The largest absolute Gasteiger partial charge is 0.381 e. The van der Waals surface area contributed by atoms with Crippen molar-refractivity contribution in [1.29, 1.82) is 0 Å². The maximum Gasteiger partial charge on any atom is 0.285 e. The molecule has 0 aliphatic carbocycles. The van der Waals surface area contributed by atoms with E-state index in [4.69, 9.17) is 11.6 Å². The third-order valence-corrected chi connectivity index (χ3v) is 3.45. The number of nitrogens with zero attached hydrogens (tertiary/aromatic N) is 1. The maximum absolute atomic E-state index is 11.3. The highest BCUT2D eigenvalue weighted by atomic mass is 35.5. The second kappa shape index (κ2) is 5.45. The SMILES string of the molecule is CC(C)(CNc1cn[nH]c(=O)c1Cl)c1ccccc1. The van der Waals surface area contributed by atoms with E-state index in [1.54, 1.807) is 0 Å². The van der Waals surface area contributed by atoms with E-state index in [1.807, 2.05) is 18.2 Å². The number of benzene rings is 1. The van der Waals surface area contributed by atoms with Crippen molar-refractivity contribution in [2.45, 2.75) is 19.3 Å². The van der Waals surface area contributed by atoms with Gasteiger partial charge in [-0.25, -0.2) is 5.10 Å². The summed E-state index contributed by atoms with van der Waals surface area (Å²) in [5.41, 5.74) is 1.31. The van der Waals surface area contributed by atoms with E-state index in [0.29, 0.717) is 12.2 Å². The minimum absolute atomic E-state index is 0.0762. The Kier molecular flexibility index (Phi) is 3.90. The van der Waals surface area contributed by atoms with Crippen molar-refractivity contribution in [3.8, 4) is 0 Å². The molecule has 0 saturated carbocycles. The molecule has 0 bridgehead atoms. The minimum atomic E-state index is -0.385. The van der Waals surface area contributed by atoms with Crippen LogP contribution < -0.4 is 10.9 Å². The topological polar surface area (TPSA) is 57.8 Å². The lowest BCUT2D eigenvalue weighted by molar-refractivity contribution is 0.557. The monoisotopic (exact) mass is 277 g/mol. The standard InChI is InChI=1S/C14H16ClN3O/c1-14(2,10-6-4-3-5-7-10)9-16-11-8-17-18-13(19)12(11)15/h3-8H,9H2,1-2H3,(H2,16,18,19). The number of aromatic amines is 1. The van der Waals surface area contributed by atoms with E-state index in [1.165, 1.54) is 11.8 Å². The van der Waals surface area contributed by atoms with Gasteiger partial charge in [0.2, 0.25) is 0 Å². The van der Waals surface area contributed by atoms with Crippen molar-refractivity contribution >= 4 is 17.3 Å². The number of rotatable bonds is 4. The Balaban J connectivity index is 2.14. The van der Waals surface area contributed by atoms with Crippen LogP contribution in [-0.2, 0) is 5.41 Å². The summed E-state index contributed by atoms with van der Waals surface area (Å²) < 4.78 is 0. The van der Waals surface area contributed by atoms with E-state index in [2.05, 4.69) is 41.5 Å². The number of hydrogen-bond donors (Lipinski definition) is 2. The first-order valence-corrected chi connectivity index (χ1v) is 6.41. The van der Waals surface area contributed by atoms with Gasteiger partial charge in [-0.1, -0.05) is 55.8 Å². The Labute approximate surface area is 116 Å². The van der Waals surface area contributed by atoms with Gasteiger partial charge >= 0.3 is 0 Å². The number of halogens is 1. The fourth-order valence-corrected chi connectivity index (χ4v) is 1.97. The quantitative estimate of drug-likeness (QED) is 0.903. The maximum atomic E-state index is 11.3. The molecule has 5 heteroatoms. The molecule has 1 aromatic carbocycles. The molecule has 2 aromatic rings. The van der Waals surface area contributed by atoms with Crippen LogP contribution in [0.1, 0.15) is 19.4 Å². The Bertz CT molecular complexity index is 608. The molecule has 1 aromatic heterocycles. The highest BCUT2D eigenvalue weighted by Crippen LogP contribution is 2.24. The number of nitrogens with one attached hydrogen (secondary N) is 2. The Hall–Kier alpha value is -1.81. The molecule has 0 saturated heterocycles. The first kappa shape index (κ1) is 13.6. The van der Waals surface area contributed by atoms with Crippen molar-refractivity contribution in [2.75, 3.05) is 11.9 Å². The summed E-state index contributed by atoms with van der Waals surface area (Å²) in [5, 5.41) is 9.34. The summed E-state index contributed by atoms with van der Waals surface area (Å²) in [6, 6.07) is 10.2. The van der Waals surface area contributed by atoms with Crippen molar-refractivity contribution < 1.29 is 0 Å². The van der Waals surface area contributed by atoms with Crippen LogP contribution in [0.15, 0.2) is 41.3 Å². The van der Waals surface area contributed by atoms with Crippen LogP contribution >= 0.6 is 11.6 Å². The number of aromatic nitrogens is 2. The molecule has 100 valence electrons. The van der Waals surface area contributed by atoms with Gasteiger partial charge in [-0.05, 0) is 5.56 Å². The molecule has 1 heterocycles. The summed E-state index contributed by atoms with van der Waals surface area (Å²) in [5.74, 6) is 0. The summed E-state index contributed by atoms with van der Waals surface area (Å²) in [7, 11) is 0. The first-order chi connectivity index (χ1) is 9.00. The van der Waals surface area contributed by atoms with E-state index < -0.39 is 0 Å². The molecular weight excluding hydrogens is 262 g/mol. The second-order valence-corrected chi connectivity index (χ2v) is 5.41. The average molecular weight is 278 g/mol. The van der Waals surface area contributed by atoms with Crippen LogP contribution in [0.25, 0.3) is 0 Å². The molecule has 0 atom stereocenters. The second-order valence-electron chi connectivity index (χ2n) is 5.03. The fraction of sp³-hybridized carbons (Fsp3) is 0.286. The zero-order valence-electron chi connectivity index (χ0n) is 10.9. The lowest BCUT2D eigenvalue weighted by atomic mass is 9.84. The minimum Gasteiger partial charge on any atom is -0.381 e. The van der Waals surface area contributed by atoms with Crippen LogP contribution in [0.4, 0.5) is 5.69 Å². The van der Waals surface area contributed by atoms with E-state index in [0.717, 1.165) is 0 Å². The number of hydrogen-bond acceptors (Lipinski definition) is 3. The molecule has 0 fully saturated rings. The summed E-state index contributed by atoms with van der Waals surface area (Å²) in [6.45, 7) is 4.91. The van der Waals surface area contributed by atoms with Gasteiger partial charge < -0.3 is 5.32 Å². The normalized spacial score (nSPS) is 11.3. The van der Waals surface area contributed by atoms with Gasteiger partial charge in [-0.3, -0.25) is 4.79 Å². The third kappa shape index (κ3) is 3.15. The lowest BCUT2D eigenvalue weighted by Gasteiger charge is -2.26. The molecule has 19 heavy (non-hydrogen) atoms. The Morgan fingerprint density at radius 3 is 2.68 bits per heavy atom. The van der Waals surface area contributed by atoms with Crippen molar-refractivity contribution in [3.63, 3.8) is 0 Å². The van der Waals surface area contributed by atoms with Gasteiger partial charge in [-0.15, -0.1) is 0 Å². The van der Waals surface area contributed by atoms with Crippen LogP contribution in [0.5, 0.6) is 0 Å². The van der Waals surface area contributed by atoms with Gasteiger partial charge in [0, 0.05) is 12.0 Å². The number of anilines is 1. The predicted molar refractivity (Wildman–Crippen MR) is 77.8 cm³/mol. The van der Waals surface area contributed by atoms with Gasteiger partial charge in [0.25, 0.3) is 5.56 Å². The molecule has 0 spiro atoms. The molecule has 4 nitrogen and oxygen atoms in total. The van der Waals surface area contributed by atoms with Crippen LogP contribution in [0.2, 0.25) is 5.02 Å². The summed E-state index contributed by atoms with van der Waals surface area (Å²) in [6.07, 6.45) is 1.52. The lowest BCUT2D eigenvalue weighted by Crippen LogP contribution is -2.28. The van der Waals surface area contributed by atoms with E-state index >= 15 is 0 Å². The van der Waals surface area contributed by atoms with Gasteiger partial charge in [0.05, 0.1) is 11.9 Å². The molecular formula is C14H16ClN3O. The van der Waals surface area contributed by atoms with Crippen LogP contribution in [-0.4, -0.2) is 16.7 Å². The Morgan fingerprint density at radius 2 is 2.00 bits per heavy atom. The Morgan fingerprint density at radius 1 is 1.32 bits per heavy atom. The smallest absolute Gasteiger partial charge is 0.285 e. The van der Waals surface area contributed by atoms with E-state index in [9.17, 15) is 4.79 Å². The predicted octanol–water partition coefficient (Wildman–Crippen LogP) is 2.81. The van der Waals surface area contributed by atoms with E-state index in [-0.39, 0.29) is 16.0 Å². The average Bonchev–Trinajstić information content (AvgIpc) is 2.41. The van der Waals surface area contributed by atoms with Gasteiger partial charge in [0.1, 0.15) is 5.02 Å². The van der Waals surface area contributed by atoms with Crippen molar-refractivity contribution in [1.82, 2.24) is 10.2 Å². The highest BCUT2D eigenvalue weighted by molar-refractivity contribution is 6.32.